The molecular formula is C13H21N3O2. The molecule has 1 unspecified atom stereocenters. The largest absolute Gasteiger partial charge is 0.361 e. The van der Waals surface area contributed by atoms with Crippen molar-refractivity contribution in [2.24, 2.45) is 5.92 Å². The summed E-state index contributed by atoms with van der Waals surface area (Å²) >= 11 is 0. The summed E-state index contributed by atoms with van der Waals surface area (Å²) in [6.07, 6.45) is 3.53. The summed E-state index contributed by atoms with van der Waals surface area (Å²) < 4.78 is 4.99. The molecule has 1 amide bonds. The first-order chi connectivity index (χ1) is 8.68. The van der Waals surface area contributed by atoms with E-state index < -0.39 is 0 Å². The minimum absolute atomic E-state index is 0.0741. The molecule has 2 heterocycles. The van der Waals surface area contributed by atoms with Crippen molar-refractivity contribution in [3.63, 3.8) is 0 Å². The molecule has 0 aromatic carbocycles. The Bertz CT molecular complexity index is 389. The number of hydrogen-bond donors (Lipinski definition) is 2. The van der Waals surface area contributed by atoms with Gasteiger partial charge >= 0.3 is 0 Å². The van der Waals surface area contributed by atoms with Crippen molar-refractivity contribution in [3.05, 3.63) is 17.0 Å². The van der Waals surface area contributed by atoms with E-state index in [9.17, 15) is 4.79 Å². The van der Waals surface area contributed by atoms with Gasteiger partial charge in [-0.3, -0.25) is 4.79 Å². The minimum atomic E-state index is -0.0741. The maximum absolute atomic E-state index is 12.0. The number of rotatable bonds is 4. The van der Waals surface area contributed by atoms with E-state index >= 15 is 0 Å². The van der Waals surface area contributed by atoms with Crippen molar-refractivity contribution >= 4 is 5.91 Å². The molecule has 1 aliphatic heterocycles. The van der Waals surface area contributed by atoms with E-state index in [1.165, 1.54) is 12.8 Å². The second-order valence-electron chi connectivity index (χ2n) is 4.96. The second kappa shape index (κ2) is 6.00. The molecule has 2 rings (SSSR count). The molecule has 1 aromatic rings. The number of nitrogens with zero attached hydrogens (tertiary/aromatic N) is 1. The molecule has 1 aromatic heterocycles. The molecule has 5 heteroatoms. The molecule has 1 fully saturated rings. The van der Waals surface area contributed by atoms with E-state index in [0.717, 1.165) is 26.1 Å². The van der Waals surface area contributed by atoms with Crippen LogP contribution >= 0.6 is 0 Å². The molecule has 0 aliphatic carbocycles. The third kappa shape index (κ3) is 3.10. The van der Waals surface area contributed by atoms with E-state index in [4.69, 9.17) is 4.52 Å². The first-order valence-electron chi connectivity index (χ1n) is 6.60. The van der Waals surface area contributed by atoms with Crippen molar-refractivity contribution in [1.82, 2.24) is 15.8 Å². The van der Waals surface area contributed by atoms with Crippen LogP contribution in [0.4, 0.5) is 0 Å². The molecular weight excluding hydrogens is 230 g/mol. The fourth-order valence-electron chi connectivity index (χ4n) is 2.46. The van der Waals surface area contributed by atoms with Gasteiger partial charge in [-0.1, -0.05) is 5.16 Å². The van der Waals surface area contributed by atoms with Gasteiger partial charge in [-0.15, -0.1) is 0 Å². The van der Waals surface area contributed by atoms with Gasteiger partial charge in [0.25, 0.3) is 5.91 Å². The van der Waals surface area contributed by atoms with Crippen LogP contribution < -0.4 is 10.6 Å². The Morgan fingerprint density at radius 3 is 3.00 bits per heavy atom. The highest BCUT2D eigenvalue weighted by Gasteiger charge is 2.18. The lowest BCUT2D eigenvalue weighted by Crippen LogP contribution is -2.33. The predicted molar refractivity (Wildman–Crippen MR) is 68.5 cm³/mol. The van der Waals surface area contributed by atoms with Gasteiger partial charge in [0.1, 0.15) is 11.3 Å². The molecule has 100 valence electrons. The van der Waals surface area contributed by atoms with Crippen molar-refractivity contribution in [1.29, 1.82) is 0 Å². The van der Waals surface area contributed by atoms with Crippen LogP contribution in [-0.4, -0.2) is 30.7 Å². The molecule has 1 saturated heterocycles. The lowest BCUT2D eigenvalue weighted by Gasteiger charge is -2.22. The molecule has 1 atom stereocenters. The maximum atomic E-state index is 12.0. The average Bonchev–Trinajstić information content (AvgIpc) is 2.70. The summed E-state index contributed by atoms with van der Waals surface area (Å²) in [6, 6.07) is 0. The molecule has 0 saturated carbocycles. The summed E-state index contributed by atoms with van der Waals surface area (Å²) in [4.78, 5) is 12.0. The Balaban J connectivity index is 1.78. The predicted octanol–water partition coefficient (Wildman–Crippen LogP) is 1.41. The van der Waals surface area contributed by atoms with Gasteiger partial charge in [0.15, 0.2) is 0 Å². The Kier molecular flexibility index (Phi) is 4.36. The molecule has 5 nitrogen and oxygen atoms in total. The van der Waals surface area contributed by atoms with Crippen molar-refractivity contribution in [3.8, 4) is 0 Å². The normalized spacial score (nSPS) is 19.8. The monoisotopic (exact) mass is 251 g/mol. The van der Waals surface area contributed by atoms with Gasteiger partial charge in [0.05, 0.1) is 5.69 Å². The maximum Gasteiger partial charge on any atom is 0.256 e. The van der Waals surface area contributed by atoms with Gasteiger partial charge in [-0.05, 0) is 52.1 Å². The highest BCUT2D eigenvalue weighted by atomic mass is 16.5. The van der Waals surface area contributed by atoms with Crippen LogP contribution in [-0.2, 0) is 0 Å². The highest BCUT2D eigenvalue weighted by Crippen LogP contribution is 2.14. The van der Waals surface area contributed by atoms with Crippen LogP contribution in [0.2, 0.25) is 0 Å². The fraction of sp³-hybridized carbons (Fsp3) is 0.692. The molecule has 0 spiro atoms. The zero-order chi connectivity index (χ0) is 13.0. The van der Waals surface area contributed by atoms with Crippen LogP contribution in [0.3, 0.4) is 0 Å². The summed E-state index contributed by atoms with van der Waals surface area (Å²) in [7, 11) is 0. The average molecular weight is 251 g/mol. The first kappa shape index (κ1) is 13.1. The lowest BCUT2D eigenvalue weighted by atomic mass is 9.96. The number of piperidine rings is 1. The lowest BCUT2D eigenvalue weighted by molar-refractivity contribution is 0.0948. The zero-order valence-electron chi connectivity index (χ0n) is 11.1. The second-order valence-corrected chi connectivity index (χ2v) is 4.96. The van der Waals surface area contributed by atoms with Crippen molar-refractivity contribution < 1.29 is 9.32 Å². The van der Waals surface area contributed by atoms with Crippen LogP contribution in [0, 0.1) is 19.8 Å². The quantitative estimate of drug-likeness (QED) is 0.849. The number of hydrogen-bond acceptors (Lipinski definition) is 4. The summed E-state index contributed by atoms with van der Waals surface area (Å²) in [5, 5.41) is 10.1. The van der Waals surface area contributed by atoms with E-state index in [1.807, 2.05) is 0 Å². The van der Waals surface area contributed by atoms with Crippen molar-refractivity contribution in [2.45, 2.75) is 33.1 Å². The number of carbonyl (C=O) groups excluding carboxylic acids is 1. The number of carbonyl (C=O) groups is 1. The van der Waals surface area contributed by atoms with E-state index in [-0.39, 0.29) is 5.91 Å². The first-order valence-corrected chi connectivity index (χ1v) is 6.60. The number of aryl methyl sites for hydroxylation is 2. The van der Waals surface area contributed by atoms with Gasteiger partial charge in [-0.25, -0.2) is 0 Å². The molecule has 0 bridgehead atoms. The van der Waals surface area contributed by atoms with Crippen LogP contribution in [0.25, 0.3) is 0 Å². The highest BCUT2D eigenvalue weighted by molar-refractivity contribution is 5.96. The number of aromatic nitrogens is 1. The number of amides is 1. The fourth-order valence-corrected chi connectivity index (χ4v) is 2.46. The Morgan fingerprint density at radius 2 is 2.39 bits per heavy atom. The topological polar surface area (TPSA) is 67.2 Å². The van der Waals surface area contributed by atoms with Gasteiger partial charge in [0.2, 0.25) is 0 Å². The summed E-state index contributed by atoms with van der Waals surface area (Å²) in [6.45, 7) is 6.47. The molecule has 18 heavy (non-hydrogen) atoms. The Labute approximate surface area is 107 Å². The Hall–Kier alpha value is -1.36. The summed E-state index contributed by atoms with van der Waals surface area (Å²) in [5.74, 6) is 1.20. The smallest absolute Gasteiger partial charge is 0.256 e. The van der Waals surface area contributed by atoms with Crippen molar-refractivity contribution in [2.75, 3.05) is 19.6 Å². The van der Waals surface area contributed by atoms with Crippen LogP contribution in [0.1, 0.15) is 41.1 Å². The van der Waals surface area contributed by atoms with Crippen LogP contribution in [0.5, 0.6) is 0 Å². The zero-order valence-corrected chi connectivity index (χ0v) is 11.1. The van der Waals surface area contributed by atoms with E-state index in [1.54, 1.807) is 13.8 Å². The summed E-state index contributed by atoms with van der Waals surface area (Å²) in [5.41, 5.74) is 1.24. The number of nitrogens with one attached hydrogen (secondary N) is 2. The van der Waals surface area contributed by atoms with Gasteiger partial charge in [0, 0.05) is 6.54 Å². The van der Waals surface area contributed by atoms with Gasteiger partial charge in [-0.2, -0.15) is 0 Å². The van der Waals surface area contributed by atoms with Gasteiger partial charge < -0.3 is 15.2 Å². The van der Waals surface area contributed by atoms with E-state index in [2.05, 4.69) is 15.8 Å². The van der Waals surface area contributed by atoms with Crippen LogP contribution in [0.15, 0.2) is 4.52 Å². The molecule has 0 radical (unpaired) electrons. The van der Waals surface area contributed by atoms with E-state index in [0.29, 0.717) is 22.9 Å². The third-order valence-corrected chi connectivity index (χ3v) is 3.50. The minimum Gasteiger partial charge on any atom is -0.361 e. The third-order valence-electron chi connectivity index (χ3n) is 3.50. The molecule has 1 aliphatic rings. The Morgan fingerprint density at radius 1 is 1.56 bits per heavy atom. The standard InChI is InChI=1S/C13H21N3O2/c1-9-12(10(2)18-16-9)13(17)15-7-5-11-4-3-6-14-8-11/h11,14H,3-8H2,1-2H3,(H,15,17). The molecule has 2 N–H and O–H groups in total. The SMILES string of the molecule is Cc1noc(C)c1C(=O)NCCC1CCCNC1.